The fourth-order valence-corrected chi connectivity index (χ4v) is 2.39. The largest absolute Gasteiger partial charge is 0.342 e. The van der Waals surface area contributed by atoms with Crippen LogP contribution in [0.15, 0.2) is 48.9 Å². The lowest BCUT2D eigenvalue weighted by Gasteiger charge is -2.06. The van der Waals surface area contributed by atoms with Crippen LogP contribution in [0, 0.1) is 0 Å². The van der Waals surface area contributed by atoms with Crippen LogP contribution in [0.5, 0.6) is 0 Å². The molecule has 2 aromatic heterocycles. The molecule has 0 N–H and O–H groups in total. The molecular formula is C15H11ClN2O. The first kappa shape index (κ1) is 11.9. The summed E-state index contributed by atoms with van der Waals surface area (Å²) in [5.74, 6) is 0. The molecule has 4 heteroatoms. The first-order chi connectivity index (χ1) is 9.29. The molecule has 0 aliphatic heterocycles. The van der Waals surface area contributed by atoms with Gasteiger partial charge in [-0.15, -0.1) is 0 Å². The molecule has 0 saturated heterocycles. The number of para-hydroxylation sites is 1. The van der Waals surface area contributed by atoms with E-state index in [1.165, 1.54) is 0 Å². The maximum Gasteiger partial charge on any atom is 0.152 e. The molecule has 0 aliphatic carbocycles. The molecule has 94 valence electrons. The second-order valence-electron chi connectivity index (χ2n) is 4.31. The number of aldehydes is 1. The van der Waals surface area contributed by atoms with Gasteiger partial charge in [0.25, 0.3) is 0 Å². The van der Waals surface area contributed by atoms with Gasteiger partial charge < -0.3 is 4.57 Å². The lowest BCUT2D eigenvalue weighted by atomic mass is 10.2. The number of hydrogen-bond acceptors (Lipinski definition) is 2. The van der Waals surface area contributed by atoms with Crippen LogP contribution in [0.2, 0.25) is 5.02 Å². The van der Waals surface area contributed by atoms with Gasteiger partial charge in [0.15, 0.2) is 6.29 Å². The summed E-state index contributed by atoms with van der Waals surface area (Å²) in [6, 6.07) is 9.72. The maximum absolute atomic E-state index is 11.1. The Morgan fingerprint density at radius 3 is 2.89 bits per heavy atom. The van der Waals surface area contributed by atoms with E-state index < -0.39 is 0 Å². The van der Waals surface area contributed by atoms with Crippen LogP contribution in [0.25, 0.3) is 10.9 Å². The Morgan fingerprint density at radius 1 is 1.26 bits per heavy atom. The van der Waals surface area contributed by atoms with Crippen molar-refractivity contribution >= 4 is 28.8 Å². The molecule has 0 amide bonds. The summed E-state index contributed by atoms with van der Waals surface area (Å²) in [5.41, 5.74) is 2.70. The molecule has 3 rings (SSSR count). The van der Waals surface area contributed by atoms with Gasteiger partial charge in [-0.25, -0.2) is 0 Å². The summed E-state index contributed by atoms with van der Waals surface area (Å²) in [7, 11) is 0. The first-order valence-corrected chi connectivity index (χ1v) is 6.29. The first-order valence-electron chi connectivity index (χ1n) is 5.91. The highest BCUT2D eigenvalue weighted by Crippen LogP contribution is 2.23. The van der Waals surface area contributed by atoms with E-state index in [9.17, 15) is 4.79 Å². The lowest BCUT2D eigenvalue weighted by Crippen LogP contribution is -1.98. The van der Waals surface area contributed by atoms with Crippen LogP contribution in [0.4, 0.5) is 0 Å². The minimum atomic E-state index is 0.621. The zero-order chi connectivity index (χ0) is 13.2. The van der Waals surface area contributed by atoms with Gasteiger partial charge in [0.1, 0.15) is 0 Å². The highest BCUT2D eigenvalue weighted by Gasteiger charge is 2.08. The number of fused-ring (bicyclic) bond motifs is 1. The molecule has 3 aromatic rings. The Hall–Kier alpha value is -2.13. The van der Waals surface area contributed by atoms with Gasteiger partial charge in [-0.05, 0) is 17.7 Å². The van der Waals surface area contributed by atoms with E-state index in [2.05, 4.69) is 4.98 Å². The summed E-state index contributed by atoms with van der Waals surface area (Å²) in [5, 5.41) is 1.59. The average molecular weight is 271 g/mol. The fourth-order valence-electron chi connectivity index (χ4n) is 2.22. The number of carbonyl (C=O) groups is 1. The maximum atomic E-state index is 11.1. The van der Waals surface area contributed by atoms with Crippen LogP contribution >= 0.6 is 11.6 Å². The van der Waals surface area contributed by atoms with Crippen LogP contribution in [-0.2, 0) is 6.54 Å². The zero-order valence-electron chi connectivity index (χ0n) is 10.1. The summed E-state index contributed by atoms with van der Waals surface area (Å²) in [6.45, 7) is 0.621. The molecule has 0 spiro atoms. The van der Waals surface area contributed by atoms with Crippen LogP contribution in [-0.4, -0.2) is 15.8 Å². The predicted molar refractivity (Wildman–Crippen MR) is 75.7 cm³/mol. The number of halogens is 1. The van der Waals surface area contributed by atoms with Crippen molar-refractivity contribution in [3.63, 3.8) is 0 Å². The molecule has 0 aliphatic rings. The lowest BCUT2D eigenvalue weighted by molar-refractivity contribution is 0.112. The van der Waals surface area contributed by atoms with Crippen molar-refractivity contribution in [1.29, 1.82) is 0 Å². The summed E-state index contributed by atoms with van der Waals surface area (Å²) >= 11 is 6.12. The van der Waals surface area contributed by atoms with Gasteiger partial charge in [0.2, 0.25) is 0 Å². The SMILES string of the molecule is O=Cc1cn(Cc2ccncc2Cl)c2ccccc12. The van der Waals surface area contributed by atoms with Crippen molar-refractivity contribution in [1.82, 2.24) is 9.55 Å². The smallest absolute Gasteiger partial charge is 0.152 e. The standard InChI is InChI=1S/C15H11ClN2O/c16-14-7-17-6-5-11(14)8-18-9-12(10-19)13-3-1-2-4-15(13)18/h1-7,9-10H,8H2. The molecule has 1 aromatic carbocycles. The van der Waals surface area contributed by atoms with Crippen LogP contribution in [0.3, 0.4) is 0 Å². The van der Waals surface area contributed by atoms with Gasteiger partial charge in [-0.3, -0.25) is 9.78 Å². The minimum absolute atomic E-state index is 0.621. The Balaban J connectivity index is 2.11. The van der Waals surface area contributed by atoms with Crippen molar-refractivity contribution in [3.8, 4) is 0 Å². The van der Waals surface area contributed by atoms with Crippen molar-refractivity contribution in [2.24, 2.45) is 0 Å². The highest BCUT2D eigenvalue weighted by molar-refractivity contribution is 6.31. The van der Waals surface area contributed by atoms with Gasteiger partial charge >= 0.3 is 0 Å². The average Bonchev–Trinajstić information content (AvgIpc) is 2.80. The van der Waals surface area contributed by atoms with E-state index >= 15 is 0 Å². The Morgan fingerprint density at radius 2 is 2.11 bits per heavy atom. The number of benzene rings is 1. The second kappa shape index (κ2) is 4.86. The molecule has 0 fully saturated rings. The molecule has 0 radical (unpaired) electrons. The van der Waals surface area contributed by atoms with Crippen molar-refractivity contribution in [2.45, 2.75) is 6.54 Å². The summed E-state index contributed by atoms with van der Waals surface area (Å²) in [4.78, 5) is 15.1. The third-order valence-electron chi connectivity index (χ3n) is 3.14. The molecule has 3 nitrogen and oxygen atoms in total. The molecule has 0 unspecified atom stereocenters. The molecule has 19 heavy (non-hydrogen) atoms. The van der Waals surface area contributed by atoms with Gasteiger partial charge in [0, 0.05) is 41.6 Å². The number of carbonyl (C=O) groups excluding carboxylic acids is 1. The Kier molecular flexibility index (Phi) is 3.05. The summed E-state index contributed by atoms with van der Waals surface area (Å²) in [6.07, 6.45) is 6.08. The number of aromatic nitrogens is 2. The second-order valence-corrected chi connectivity index (χ2v) is 4.72. The number of pyridine rings is 1. The predicted octanol–water partition coefficient (Wildman–Crippen LogP) is 3.55. The number of nitrogens with zero attached hydrogens (tertiary/aromatic N) is 2. The monoisotopic (exact) mass is 270 g/mol. The third kappa shape index (κ3) is 2.13. The van der Waals surface area contributed by atoms with E-state index in [0.29, 0.717) is 17.1 Å². The van der Waals surface area contributed by atoms with Crippen molar-refractivity contribution in [2.75, 3.05) is 0 Å². The molecule has 0 bridgehead atoms. The topological polar surface area (TPSA) is 34.9 Å². The van der Waals surface area contributed by atoms with Crippen molar-refractivity contribution < 1.29 is 4.79 Å². The zero-order valence-corrected chi connectivity index (χ0v) is 10.8. The quantitative estimate of drug-likeness (QED) is 0.682. The van der Waals surface area contributed by atoms with Gasteiger partial charge in [-0.2, -0.15) is 0 Å². The van der Waals surface area contributed by atoms with Crippen LogP contribution < -0.4 is 0 Å². The van der Waals surface area contributed by atoms with Gasteiger partial charge in [-0.1, -0.05) is 29.8 Å². The third-order valence-corrected chi connectivity index (χ3v) is 3.48. The summed E-state index contributed by atoms with van der Waals surface area (Å²) < 4.78 is 2.03. The normalized spacial score (nSPS) is 10.8. The van der Waals surface area contributed by atoms with E-state index in [1.54, 1.807) is 12.4 Å². The molecule has 0 atom stereocenters. The van der Waals surface area contributed by atoms with Crippen molar-refractivity contribution in [3.05, 3.63) is 65.1 Å². The van der Waals surface area contributed by atoms with E-state index in [-0.39, 0.29) is 0 Å². The van der Waals surface area contributed by atoms with E-state index in [0.717, 1.165) is 22.8 Å². The van der Waals surface area contributed by atoms with E-state index in [4.69, 9.17) is 11.6 Å². The minimum Gasteiger partial charge on any atom is -0.342 e. The Labute approximate surface area is 115 Å². The fraction of sp³-hybridized carbons (Fsp3) is 0.0667. The number of rotatable bonds is 3. The van der Waals surface area contributed by atoms with Crippen LogP contribution in [0.1, 0.15) is 15.9 Å². The highest BCUT2D eigenvalue weighted by atomic mass is 35.5. The molecular weight excluding hydrogens is 260 g/mol. The number of hydrogen-bond donors (Lipinski definition) is 0. The molecule has 0 saturated carbocycles. The Bertz CT molecular complexity index is 749. The van der Waals surface area contributed by atoms with E-state index in [1.807, 2.05) is 41.1 Å². The molecule has 2 heterocycles. The van der Waals surface area contributed by atoms with Gasteiger partial charge in [0.05, 0.1) is 5.02 Å².